The zero-order valence-corrected chi connectivity index (χ0v) is 13.9. The first-order valence-electron chi connectivity index (χ1n) is 7.64. The van der Waals surface area contributed by atoms with Gasteiger partial charge in [-0.2, -0.15) is 0 Å². The molecule has 0 fully saturated rings. The summed E-state index contributed by atoms with van der Waals surface area (Å²) in [5.74, 6) is -0.0655. The van der Waals surface area contributed by atoms with Crippen LogP contribution in [0.5, 0.6) is 0 Å². The summed E-state index contributed by atoms with van der Waals surface area (Å²) >= 11 is 0. The van der Waals surface area contributed by atoms with Crippen molar-refractivity contribution in [2.24, 2.45) is 0 Å². The first-order valence-corrected chi connectivity index (χ1v) is 9.29. The molecule has 0 amide bonds. The van der Waals surface area contributed by atoms with Crippen molar-refractivity contribution < 1.29 is 8.42 Å². The van der Waals surface area contributed by atoms with Crippen molar-refractivity contribution >= 4 is 10.0 Å². The number of rotatable bonds is 6. The molecule has 3 rings (SSSR count). The van der Waals surface area contributed by atoms with Gasteiger partial charge in [0.25, 0.3) is 0 Å². The largest absolute Gasteiger partial charge is 0.259 e. The molecule has 0 spiro atoms. The number of hydrogen-bond donors (Lipinski definition) is 1. The first-order chi connectivity index (χ1) is 11.6. The highest BCUT2D eigenvalue weighted by molar-refractivity contribution is 7.88. The molecule has 0 bridgehead atoms. The number of aromatic nitrogens is 1. The zero-order chi connectivity index (χ0) is 16.8. The summed E-state index contributed by atoms with van der Waals surface area (Å²) in [6.07, 6.45) is 1.66. The molecule has 4 nitrogen and oxygen atoms in total. The van der Waals surface area contributed by atoms with Gasteiger partial charge in [-0.05, 0) is 23.3 Å². The predicted molar refractivity (Wildman–Crippen MR) is 94.7 cm³/mol. The van der Waals surface area contributed by atoms with Crippen LogP contribution in [0.1, 0.15) is 22.9 Å². The molecule has 5 heteroatoms. The SMILES string of the molecule is O=S(=O)(Cc1ccccc1)N[C@H](c1ccccc1)c1ccccn1. The molecule has 0 unspecified atom stereocenters. The minimum atomic E-state index is -3.52. The molecule has 0 aliphatic carbocycles. The molecule has 122 valence electrons. The van der Waals surface area contributed by atoms with Crippen molar-refractivity contribution in [1.82, 2.24) is 9.71 Å². The van der Waals surface area contributed by atoms with Crippen LogP contribution in [-0.2, 0) is 15.8 Å². The lowest BCUT2D eigenvalue weighted by atomic mass is 10.0. The van der Waals surface area contributed by atoms with Gasteiger partial charge in [-0.1, -0.05) is 66.7 Å². The molecule has 1 heterocycles. The Bertz CT molecular complexity index is 828. The molecule has 0 aliphatic rings. The minimum Gasteiger partial charge on any atom is -0.259 e. The van der Waals surface area contributed by atoms with Gasteiger partial charge in [0.15, 0.2) is 0 Å². The van der Waals surface area contributed by atoms with Crippen LogP contribution >= 0.6 is 0 Å². The zero-order valence-electron chi connectivity index (χ0n) is 13.0. The molecule has 0 saturated heterocycles. The van der Waals surface area contributed by atoms with E-state index in [2.05, 4.69) is 9.71 Å². The molecule has 1 aromatic heterocycles. The van der Waals surface area contributed by atoms with Crippen molar-refractivity contribution in [3.8, 4) is 0 Å². The highest BCUT2D eigenvalue weighted by Gasteiger charge is 2.22. The third-order valence-corrected chi connectivity index (χ3v) is 4.92. The fourth-order valence-corrected chi connectivity index (χ4v) is 3.84. The average Bonchev–Trinajstić information content (AvgIpc) is 2.62. The van der Waals surface area contributed by atoms with Crippen LogP contribution in [-0.4, -0.2) is 13.4 Å². The maximum atomic E-state index is 12.6. The minimum absolute atomic E-state index is 0.0655. The van der Waals surface area contributed by atoms with E-state index in [1.165, 1.54) is 0 Å². The average molecular weight is 338 g/mol. The van der Waals surface area contributed by atoms with E-state index in [0.717, 1.165) is 11.1 Å². The third kappa shape index (κ3) is 4.28. The van der Waals surface area contributed by atoms with E-state index in [-0.39, 0.29) is 5.75 Å². The Labute approximate surface area is 142 Å². The number of sulfonamides is 1. The Morgan fingerprint density at radius 3 is 2.08 bits per heavy atom. The Balaban J connectivity index is 1.89. The van der Waals surface area contributed by atoms with Crippen molar-refractivity contribution in [3.63, 3.8) is 0 Å². The number of nitrogens with one attached hydrogen (secondary N) is 1. The van der Waals surface area contributed by atoms with E-state index in [9.17, 15) is 8.42 Å². The van der Waals surface area contributed by atoms with Crippen LogP contribution in [0.25, 0.3) is 0 Å². The van der Waals surface area contributed by atoms with Crippen molar-refractivity contribution in [3.05, 3.63) is 102 Å². The normalized spacial score (nSPS) is 12.7. The molecule has 1 N–H and O–H groups in total. The van der Waals surface area contributed by atoms with Crippen molar-refractivity contribution in [2.75, 3.05) is 0 Å². The van der Waals surface area contributed by atoms with E-state index < -0.39 is 16.1 Å². The number of pyridine rings is 1. The summed E-state index contributed by atoms with van der Waals surface area (Å²) in [5.41, 5.74) is 2.27. The van der Waals surface area contributed by atoms with Gasteiger partial charge in [0.2, 0.25) is 10.0 Å². The molecular weight excluding hydrogens is 320 g/mol. The van der Waals surface area contributed by atoms with Crippen molar-refractivity contribution in [2.45, 2.75) is 11.8 Å². The van der Waals surface area contributed by atoms with Crippen LogP contribution in [0.2, 0.25) is 0 Å². The predicted octanol–water partition coefficient (Wildman–Crippen LogP) is 3.29. The second-order valence-corrected chi connectivity index (χ2v) is 7.21. The van der Waals surface area contributed by atoms with Gasteiger partial charge in [-0.3, -0.25) is 4.98 Å². The van der Waals surface area contributed by atoms with E-state index in [0.29, 0.717) is 5.69 Å². The third-order valence-electron chi connectivity index (χ3n) is 3.61. The maximum Gasteiger partial charge on any atom is 0.216 e. The van der Waals surface area contributed by atoms with Gasteiger partial charge >= 0.3 is 0 Å². The van der Waals surface area contributed by atoms with Gasteiger partial charge in [0.1, 0.15) is 0 Å². The van der Waals surface area contributed by atoms with Gasteiger partial charge in [-0.25, -0.2) is 13.1 Å². The Kier molecular flexibility index (Phi) is 5.03. The molecule has 1 atom stereocenters. The van der Waals surface area contributed by atoms with Crippen LogP contribution in [0.15, 0.2) is 85.1 Å². The maximum absolute atomic E-state index is 12.6. The lowest BCUT2D eigenvalue weighted by Gasteiger charge is -2.19. The lowest BCUT2D eigenvalue weighted by Crippen LogP contribution is -2.31. The second kappa shape index (κ2) is 7.38. The fourth-order valence-electron chi connectivity index (χ4n) is 2.51. The molecule has 0 saturated carbocycles. The van der Waals surface area contributed by atoms with Crippen LogP contribution in [0, 0.1) is 0 Å². The topological polar surface area (TPSA) is 59.1 Å². The van der Waals surface area contributed by atoms with Crippen LogP contribution < -0.4 is 4.72 Å². The van der Waals surface area contributed by atoms with E-state index in [4.69, 9.17) is 0 Å². The Morgan fingerprint density at radius 1 is 0.833 bits per heavy atom. The van der Waals surface area contributed by atoms with Crippen LogP contribution in [0.3, 0.4) is 0 Å². The molecule has 0 aliphatic heterocycles. The summed E-state index contributed by atoms with van der Waals surface area (Å²) in [5, 5.41) is 0. The Hall–Kier alpha value is -2.50. The molecular formula is C19H18N2O2S. The molecule has 0 radical (unpaired) electrons. The Morgan fingerprint density at radius 2 is 1.46 bits per heavy atom. The highest BCUT2D eigenvalue weighted by Crippen LogP contribution is 2.21. The first kappa shape index (κ1) is 16.4. The second-order valence-electron chi connectivity index (χ2n) is 5.46. The number of nitrogens with zero attached hydrogens (tertiary/aromatic N) is 1. The number of benzene rings is 2. The summed E-state index contributed by atoms with van der Waals surface area (Å²) in [6, 6.07) is 23.6. The molecule has 3 aromatic rings. The fraction of sp³-hybridized carbons (Fsp3) is 0.105. The van der Waals surface area contributed by atoms with Gasteiger partial charge in [-0.15, -0.1) is 0 Å². The van der Waals surface area contributed by atoms with E-state index in [1.54, 1.807) is 18.3 Å². The summed E-state index contributed by atoms with van der Waals surface area (Å²) < 4.78 is 28.0. The monoisotopic (exact) mass is 338 g/mol. The smallest absolute Gasteiger partial charge is 0.216 e. The quantitative estimate of drug-likeness (QED) is 0.750. The summed E-state index contributed by atoms with van der Waals surface area (Å²) in [7, 11) is -3.52. The van der Waals surface area contributed by atoms with Gasteiger partial charge < -0.3 is 0 Å². The highest BCUT2D eigenvalue weighted by atomic mass is 32.2. The molecule has 24 heavy (non-hydrogen) atoms. The van der Waals surface area contributed by atoms with Gasteiger partial charge in [0, 0.05) is 6.20 Å². The van der Waals surface area contributed by atoms with E-state index >= 15 is 0 Å². The summed E-state index contributed by atoms with van der Waals surface area (Å²) in [4.78, 5) is 4.32. The van der Waals surface area contributed by atoms with E-state index in [1.807, 2.05) is 66.7 Å². The van der Waals surface area contributed by atoms with Crippen LogP contribution in [0.4, 0.5) is 0 Å². The molecule has 2 aromatic carbocycles. The number of hydrogen-bond acceptors (Lipinski definition) is 3. The van der Waals surface area contributed by atoms with Gasteiger partial charge in [0.05, 0.1) is 17.5 Å². The van der Waals surface area contributed by atoms with Crippen molar-refractivity contribution in [1.29, 1.82) is 0 Å². The lowest BCUT2D eigenvalue weighted by molar-refractivity contribution is 0.569. The summed E-state index contributed by atoms with van der Waals surface area (Å²) in [6.45, 7) is 0. The standard InChI is InChI=1S/C19H18N2O2S/c22-24(23,15-16-9-3-1-4-10-16)21-19(17-11-5-2-6-12-17)18-13-7-8-14-20-18/h1-14,19,21H,15H2/t19-/m1/s1.